The van der Waals surface area contributed by atoms with E-state index in [4.69, 9.17) is 19.3 Å². The number of rotatable bonds is 4. The summed E-state index contributed by atoms with van der Waals surface area (Å²) in [7, 11) is 3.36. The maximum absolute atomic E-state index is 6.45. The predicted octanol–water partition coefficient (Wildman–Crippen LogP) is 5.71. The van der Waals surface area contributed by atoms with Crippen LogP contribution in [0, 0.1) is 0 Å². The Morgan fingerprint density at radius 2 is 1.83 bits per heavy atom. The van der Waals surface area contributed by atoms with Crippen molar-refractivity contribution < 1.29 is 14.2 Å². The van der Waals surface area contributed by atoms with Crippen LogP contribution >= 0.6 is 15.9 Å². The summed E-state index contributed by atoms with van der Waals surface area (Å²) in [6.07, 6.45) is 0.404. The highest BCUT2D eigenvalue weighted by atomic mass is 79.9. The summed E-state index contributed by atoms with van der Waals surface area (Å²) < 4.78 is 18.5. The highest BCUT2D eigenvalue weighted by molar-refractivity contribution is 9.10. The molecule has 152 valence electrons. The van der Waals surface area contributed by atoms with Crippen LogP contribution in [0.1, 0.15) is 35.4 Å². The first-order valence-electron chi connectivity index (χ1n) is 9.77. The lowest BCUT2D eigenvalue weighted by molar-refractivity contribution is -0.0203. The van der Waals surface area contributed by atoms with E-state index in [0.717, 1.165) is 50.5 Å². The van der Waals surface area contributed by atoms with Crippen LogP contribution in [0.2, 0.25) is 0 Å². The molecule has 0 bridgehead atoms. The van der Waals surface area contributed by atoms with Crippen molar-refractivity contribution in [3.8, 4) is 17.2 Å². The molecule has 0 fully saturated rings. The molecular formula is C24H21BrN2O3. The number of benzene rings is 3. The molecule has 2 heterocycles. The number of hydrogen-bond acceptors (Lipinski definition) is 5. The number of methoxy groups -OCH3 is 2. The summed E-state index contributed by atoms with van der Waals surface area (Å²) in [5.74, 6) is 2.47. The average molecular weight is 465 g/mol. The monoisotopic (exact) mass is 464 g/mol. The topological polar surface area (TPSA) is 43.3 Å². The summed E-state index contributed by atoms with van der Waals surface area (Å²) in [6, 6.07) is 22.3. The summed E-state index contributed by atoms with van der Waals surface area (Å²) in [6.45, 7) is 0. The van der Waals surface area contributed by atoms with Crippen LogP contribution < -0.4 is 14.2 Å². The van der Waals surface area contributed by atoms with Crippen LogP contribution in [0.3, 0.4) is 0 Å². The van der Waals surface area contributed by atoms with E-state index in [-0.39, 0.29) is 12.3 Å². The molecule has 2 atom stereocenters. The Bertz CT molecular complexity index is 1130. The van der Waals surface area contributed by atoms with Gasteiger partial charge in [-0.1, -0.05) is 46.3 Å². The van der Waals surface area contributed by atoms with Gasteiger partial charge in [0, 0.05) is 22.0 Å². The van der Waals surface area contributed by atoms with E-state index in [2.05, 4.69) is 33.1 Å². The lowest BCUT2D eigenvalue weighted by atomic mass is 9.96. The molecule has 5 rings (SSSR count). The predicted molar refractivity (Wildman–Crippen MR) is 119 cm³/mol. The minimum absolute atomic E-state index is 0.0878. The summed E-state index contributed by atoms with van der Waals surface area (Å²) >= 11 is 3.58. The van der Waals surface area contributed by atoms with E-state index in [1.54, 1.807) is 14.2 Å². The van der Waals surface area contributed by atoms with Gasteiger partial charge in [-0.15, -0.1) is 0 Å². The van der Waals surface area contributed by atoms with Crippen molar-refractivity contribution in [3.63, 3.8) is 0 Å². The van der Waals surface area contributed by atoms with Gasteiger partial charge in [0.15, 0.2) is 0 Å². The largest absolute Gasteiger partial charge is 0.497 e. The molecule has 0 saturated heterocycles. The Morgan fingerprint density at radius 1 is 0.967 bits per heavy atom. The van der Waals surface area contributed by atoms with Crippen molar-refractivity contribution in [2.24, 2.45) is 5.10 Å². The van der Waals surface area contributed by atoms with E-state index < -0.39 is 0 Å². The molecule has 2 aliphatic rings. The number of halogens is 1. The van der Waals surface area contributed by atoms with E-state index in [1.807, 2.05) is 54.6 Å². The molecule has 0 aromatic heterocycles. The second kappa shape index (κ2) is 7.69. The normalized spacial score (nSPS) is 19.4. The van der Waals surface area contributed by atoms with Gasteiger partial charge in [0.25, 0.3) is 0 Å². The Hall–Kier alpha value is -2.99. The molecule has 30 heavy (non-hydrogen) atoms. The Morgan fingerprint density at radius 3 is 2.67 bits per heavy atom. The smallest absolute Gasteiger partial charge is 0.217 e. The van der Waals surface area contributed by atoms with Gasteiger partial charge in [0.2, 0.25) is 6.23 Å². The molecule has 5 nitrogen and oxygen atoms in total. The number of hydrazone groups is 1. The lowest BCUT2D eigenvalue weighted by Gasteiger charge is -2.38. The Balaban J connectivity index is 1.62. The zero-order chi connectivity index (χ0) is 20.7. The van der Waals surface area contributed by atoms with Gasteiger partial charge < -0.3 is 14.2 Å². The highest BCUT2D eigenvalue weighted by Crippen LogP contribution is 2.49. The molecule has 6 heteroatoms. The minimum atomic E-state index is -0.388. The quantitative estimate of drug-likeness (QED) is 0.495. The van der Waals surface area contributed by atoms with Gasteiger partial charge >= 0.3 is 0 Å². The fourth-order valence-corrected chi connectivity index (χ4v) is 4.49. The Labute approximate surface area is 184 Å². The zero-order valence-electron chi connectivity index (χ0n) is 16.7. The highest BCUT2D eigenvalue weighted by Gasteiger charge is 2.41. The van der Waals surface area contributed by atoms with Crippen molar-refractivity contribution in [2.45, 2.75) is 18.7 Å². The van der Waals surface area contributed by atoms with Crippen molar-refractivity contribution in [3.05, 3.63) is 87.9 Å². The molecule has 0 radical (unpaired) electrons. The molecular weight excluding hydrogens is 444 g/mol. The van der Waals surface area contributed by atoms with Gasteiger partial charge in [-0.05, 0) is 36.4 Å². The maximum Gasteiger partial charge on any atom is 0.217 e. The fourth-order valence-electron chi connectivity index (χ4n) is 4.11. The first-order chi connectivity index (χ1) is 14.7. The van der Waals surface area contributed by atoms with Gasteiger partial charge in [0.1, 0.15) is 17.2 Å². The number of para-hydroxylation sites is 1. The number of nitrogens with zero attached hydrogens (tertiary/aromatic N) is 2. The van der Waals surface area contributed by atoms with Crippen LogP contribution in [-0.4, -0.2) is 24.9 Å². The first kappa shape index (κ1) is 19.0. The second-order valence-electron chi connectivity index (χ2n) is 7.27. The maximum atomic E-state index is 6.45. The minimum Gasteiger partial charge on any atom is -0.497 e. The van der Waals surface area contributed by atoms with Gasteiger partial charge in [0.05, 0.1) is 31.5 Å². The second-order valence-corrected chi connectivity index (χ2v) is 8.19. The van der Waals surface area contributed by atoms with Crippen LogP contribution in [-0.2, 0) is 0 Å². The third kappa shape index (κ3) is 3.21. The summed E-state index contributed by atoms with van der Waals surface area (Å²) in [5, 5.41) is 7.07. The summed E-state index contributed by atoms with van der Waals surface area (Å²) in [4.78, 5) is 0. The van der Waals surface area contributed by atoms with E-state index in [9.17, 15) is 0 Å². The van der Waals surface area contributed by atoms with Crippen LogP contribution in [0.4, 0.5) is 0 Å². The van der Waals surface area contributed by atoms with Gasteiger partial charge in [-0.3, -0.25) is 0 Å². The third-order valence-corrected chi connectivity index (χ3v) is 6.05. The Kier molecular flexibility index (Phi) is 4.87. The number of fused-ring (bicyclic) bond motifs is 3. The van der Waals surface area contributed by atoms with Gasteiger partial charge in [-0.25, -0.2) is 5.01 Å². The van der Waals surface area contributed by atoms with Crippen LogP contribution in [0.25, 0.3) is 0 Å². The van der Waals surface area contributed by atoms with Gasteiger partial charge in [-0.2, -0.15) is 5.10 Å². The third-order valence-electron chi connectivity index (χ3n) is 5.56. The van der Waals surface area contributed by atoms with Crippen molar-refractivity contribution in [1.29, 1.82) is 0 Å². The van der Waals surface area contributed by atoms with Crippen molar-refractivity contribution in [2.75, 3.05) is 14.2 Å². The molecule has 0 N–H and O–H groups in total. The molecule has 2 aliphatic heterocycles. The molecule has 2 unspecified atom stereocenters. The molecule has 3 aromatic rings. The molecule has 0 amide bonds. The summed E-state index contributed by atoms with van der Waals surface area (Å²) in [5.41, 5.74) is 4.14. The molecule has 0 spiro atoms. The van der Waals surface area contributed by atoms with E-state index >= 15 is 0 Å². The first-order valence-corrected chi connectivity index (χ1v) is 10.6. The standard InChI is InChI=1S/C24H21BrN2O3/c1-28-17-7-5-6-15(12-17)20-14-21-18-8-3-4-9-23(18)30-24(27(21)26-20)19-13-16(25)10-11-22(19)29-2/h3-13,21,24H,14H2,1-2H3. The van der Waals surface area contributed by atoms with E-state index in [1.165, 1.54) is 0 Å². The molecule has 3 aromatic carbocycles. The van der Waals surface area contributed by atoms with Crippen molar-refractivity contribution >= 4 is 21.6 Å². The zero-order valence-corrected chi connectivity index (χ0v) is 18.3. The van der Waals surface area contributed by atoms with Crippen molar-refractivity contribution in [1.82, 2.24) is 5.01 Å². The number of hydrogen-bond donors (Lipinski definition) is 0. The van der Waals surface area contributed by atoms with Crippen LogP contribution in [0.5, 0.6) is 17.2 Å². The molecule has 0 saturated carbocycles. The average Bonchev–Trinajstić information content (AvgIpc) is 3.24. The lowest BCUT2D eigenvalue weighted by Crippen LogP contribution is -2.33. The SMILES string of the molecule is COc1cccc(C2=NN3C(C2)c2ccccc2OC3c2cc(Br)ccc2OC)c1. The fraction of sp³-hybridized carbons (Fsp3) is 0.208. The van der Waals surface area contributed by atoms with E-state index in [0.29, 0.717) is 0 Å². The number of ether oxygens (including phenoxy) is 3. The molecule has 0 aliphatic carbocycles. The van der Waals surface area contributed by atoms with Crippen LogP contribution in [0.15, 0.2) is 76.3 Å².